The number of benzene rings is 1. The summed E-state index contributed by atoms with van der Waals surface area (Å²) < 4.78 is 28.8. The maximum absolute atomic E-state index is 11.9. The van der Waals surface area contributed by atoms with E-state index >= 15 is 0 Å². The first-order valence-electron chi connectivity index (χ1n) is 6.68. The van der Waals surface area contributed by atoms with Crippen LogP contribution >= 0.6 is 11.3 Å². The molecule has 0 radical (unpaired) electrons. The number of nitrogens with one attached hydrogen (secondary N) is 2. The predicted molar refractivity (Wildman–Crippen MR) is 85.4 cm³/mol. The number of amides is 2. The van der Waals surface area contributed by atoms with Gasteiger partial charge in [-0.2, -0.15) is 0 Å². The summed E-state index contributed by atoms with van der Waals surface area (Å²) in [5, 5.41) is 5.77. The topological polar surface area (TPSA) is 97.4 Å². The number of nitrogens with zero attached hydrogens (tertiary/aromatic N) is 1. The molecule has 3 rings (SSSR count). The van der Waals surface area contributed by atoms with Gasteiger partial charge in [0, 0.05) is 6.04 Å². The summed E-state index contributed by atoms with van der Waals surface area (Å²) in [5.74, 6) is 0.847. The molecule has 0 aliphatic carbocycles. The lowest BCUT2D eigenvalue weighted by molar-refractivity contribution is 0.249. The van der Waals surface area contributed by atoms with E-state index < -0.39 is 15.9 Å². The molecule has 0 spiro atoms. The average molecular weight is 341 g/mol. The summed E-state index contributed by atoms with van der Waals surface area (Å²) in [6.45, 7) is 0. The van der Waals surface area contributed by atoms with E-state index in [1.165, 1.54) is 11.3 Å². The molecule has 2 N–H and O–H groups in total. The van der Waals surface area contributed by atoms with Crippen LogP contribution in [0.15, 0.2) is 18.2 Å². The molecule has 7 nitrogen and oxygen atoms in total. The molecular weight excluding hydrogens is 326 g/mol. The molecular formula is C13H15N3O4S2. The van der Waals surface area contributed by atoms with Crippen LogP contribution in [0.25, 0.3) is 10.2 Å². The molecule has 118 valence electrons. The van der Waals surface area contributed by atoms with Gasteiger partial charge in [0.05, 0.1) is 28.8 Å². The van der Waals surface area contributed by atoms with E-state index in [1.54, 1.807) is 13.2 Å². The Labute approximate surface area is 131 Å². The number of sulfone groups is 1. The highest BCUT2D eigenvalue weighted by Crippen LogP contribution is 2.29. The number of urea groups is 1. The Kier molecular flexibility index (Phi) is 3.92. The molecule has 9 heteroatoms. The SMILES string of the molecule is COc1ccc2nc(NC(=O)N[C@@H]3CCS(=O)(=O)C3)sc2c1. The van der Waals surface area contributed by atoms with E-state index in [4.69, 9.17) is 4.74 Å². The fourth-order valence-electron chi connectivity index (χ4n) is 2.31. The Morgan fingerprint density at radius 1 is 1.45 bits per heavy atom. The Hall–Kier alpha value is -1.87. The number of fused-ring (bicyclic) bond motifs is 1. The smallest absolute Gasteiger partial charge is 0.321 e. The third-order valence-corrected chi connectivity index (χ3v) is 6.09. The number of thiazole rings is 1. The molecule has 1 saturated heterocycles. The molecule has 0 bridgehead atoms. The molecule has 2 aromatic rings. The van der Waals surface area contributed by atoms with Crippen molar-refractivity contribution in [2.75, 3.05) is 23.9 Å². The molecule has 0 saturated carbocycles. The van der Waals surface area contributed by atoms with Crippen LogP contribution in [-0.4, -0.2) is 44.1 Å². The second-order valence-electron chi connectivity index (χ2n) is 5.05. The number of methoxy groups -OCH3 is 1. The van der Waals surface area contributed by atoms with Crippen molar-refractivity contribution in [1.29, 1.82) is 0 Å². The van der Waals surface area contributed by atoms with Crippen LogP contribution in [0, 0.1) is 0 Å². The van der Waals surface area contributed by atoms with Gasteiger partial charge in [0.25, 0.3) is 0 Å². The van der Waals surface area contributed by atoms with E-state index in [0.29, 0.717) is 11.6 Å². The summed E-state index contributed by atoms with van der Waals surface area (Å²) in [5.41, 5.74) is 0.768. The highest BCUT2D eigenvalue weighted by Gasteiger charge is 2.29. The normalized spacial score (nSPS) is 20.0. The molecule has 1 aliphatic rings. The van der Waals surface area contributed by atoms with Crippen LogP contribution < -0.4 is 15.4 Å². The molecule has 0 unspecified atom stereocenters. The molecule has 2 amide bonds. The zero-order valence-electron chi connectivity index (χ0n) is 11.8. The van der Waals surface area contributed by atoms with Crippen molar-refractivity contribution in [3.05, 3.63) is 18.2 Å². The van der Waals surface area contributed by atoms with Gasteiger partial charge in [-0.3, -0.25) is 5.32 Å². The fourth-order valence-corrected chi connectivity index (χ4v) is 4.88. The van der Waals surface area contributed by atoms with E-state index in [0.717, 1.165) is 16.0 Å². The Bertz CT molecular complexity index is 816. The third-order valence-electron chi connectivity index (χ3n) is 3.38. The Morgan fingerprint density at radius 3 is 2.95 bits per heavy atom. The average Bonchev–Trinajstić information content (AvgIpc) is 2.99. The van der Waals surface area contributed by atoms with Crippen molar-refractivity contribution in [2.45, 2.75) is 12.5 Å². The van der Waals surface area contributed by atoms with Crippen molar-refractivity contribution in [3.63, 3.8) is 0 Å². The molecule has 1 aromatic carbocycles. The molecule has 1 atom stereocenters. The van der Waals surface area contributed by atoms with Crippen molar-refractivity contribution >= 4 is 42.6 Å². The van der Waals surface area contributed by atoms with Crippen LogP contribution in [0.1, 0.15) is 6.42 Å². The first-order valence-corrected chi connectivity index (χ1v) is 9.31. The second-order valence-corrected chi connectivity index (χ2v) is 8.31. The van der Waals surface area contributed by atoms with Gasteiger partial charge in [0.2, 0.25) is 0 Å². The van der Waals surface area contributed by atoms with Crippen LogP contribution in [0.2, 0.25) is 0 Å². The molecule has 22 heavy (non-hydrogen) atoms. The maximum Gasteiger partial charge on any atom is 0.321 e. The van der Waals surface area contributed by atoms with E-state index in [-0.39, 0.29) is 17.5 Å². The van der Waals surface area contributed by atoms with Crippen LogP contribution in [0.3, 0.4) is 0 Å². The Balaban J connectivity index is 1.66. The summed E-state index contributed by atoms with van der Waals surface area (Å²) in [6.07, 6.45) is 0.451. The predicted octanol–water partition coefficient (Wildman–Crippen LogP) is 1.61. The van der Waals surface area contributed by atoms with Gasteiger partial charge < -0.3 is 10.1 Å². The number of hydrogen-bond donors (Lipinski definition) is 2. The number of hydrogen-bond acceptors (Lipinski definition) is 6. The lowest BCUT2D eigenvalue weighted by Crippen LogP contribution is -2.38. The lowest BCUT2D eigenvalue weighted by Gasteiger charge is -2.10. The van der Waals surface area contributed by atoms with E-state index in [2.05, 4.69) is 15.6 Å². The monoisotopic (exact) mass is 341 g/mol. The van der Waals surface area contributed by atoms with Gasteiger partial charge in [-0.05, 0) is 24.6 Å². The molecule has 2 heterocycles. The minimum Gasteiger partial charge on any atom is -0.497 e. The minimum atomic E-state index is -3.01. The first-order chi connectivity index (χ1) is 10.4. The fraction of sp³-hybridized carbons (Fsp3) is 0.385. The third kappa shape index (κ3) is 3.30. The van der Waals surface area contributed by atoms with Crippen LogP contribution in [0.5, 0.6) is 5.75 Å². The quantitative estimate of drug-likeness (QED) is 0.884. The van der Waals surface area contributed by atoms with Gasteiger partial charge >= 0.3 is 6.03 Å². The number of carbonyl (C=O) groups is 1. The van der Waals surface area contributed by atoms with Gasteiger partial charge in [-0.25, -0.2) is 18.2 Å². The zero-order chi connectivity index (χ0) is 15.7. The second kappa shape index (κ2) is 5.73. The summed E-state index contributed by atoms with van der Waals surface area (Å²) in [4.78, 5) is 16.2. The highest BCUT2D eigenvalue weighted by atomic mass is 32.2. The molecule has 1 aromatic heterocycles. The maximum atomic E-state index is 11.9. The van der Waals surface area contributed by atoms with Crippen molar-refractivity contribution in [1.82, 2.24) is 10.3 Å². The number of carbonyl (C=O) groups excluding carboxylic acids is 1. The molecule has 1 aliphatic heterocycles. The standard InChI is InChI=1S/C13H15N3O4S2/c1-20-9-2-3-10-11(6-9)21-13(15-10)16-12(17)14-8-4-5-22(18,19)7-8/h2-3,6,8H,4-5,7H2,1H3,(H2,14,15,16,17)/t8-/m1/s1. The summed E-state index contributed by atoms with van der Waals surface area (Å²) in [6, 6.07) is 4.69. The van der Waals surface area contributed by atoms with E-state index in [9.17, 15) is 13.2 Å². The largest absolute Gasteiger partial charge is 0.497 e. The lowest BCUT2D eigenvalue weighted by atomic mass is 10.3. The highest BCUT2D eigenvalue weighted by molar-refractivity contribution is 7.91. The van der Waals surface area contributed by atoms with Gasteiger partial charge in [-0.15, -0.1) is 0 Å². The summed E-state index contributed by atoms with van der Waals surface area (Å²) >= 11 is 1.33. The van der Waals surface area contributed by atoms with Gasteiger partial charge in [0.1, 0.15) is 5.75 Å². The van der Waals surface area contributed by atoms with Crippen LogP contribution in [-0.2, 0) is 9.84 Å². The van der Waals surface area contributed by atoms with Crippen molar-refractivity contribution in [2.24, 2.45) is 0 Å². The number of ether oxygens (including phenoxy) is 1. The minimum absolute atomic E-state index is 0.00252. The van der Waals surface area contributed by atoms with Crippen molar-refractivity contribution in [3.8, 4) is 5.75 Å². The van der Waals surface area contributed by atoms with Crippen molar-refractivity contribution < 1.29 is 17.9 Å². The van der Waals surface area contributed by atoms with E-state index in [1.807, 2.05) is 12.1 Å². The zero-order valence-corrected chi connectivity index (χ0v) is 13.5. The number of anilines is 1. The van der Waals surface area contributed by atoms with Gasteiger partial charge in [0.15, 0.2) is 15.0 Å². The van der Waals surface area contributed by atoms with Gasteiger partial charge in [-0.1, -0.05) is 11.3 Å². The van der Waals surface area contributed by atoms with Crippen LogP contribution in [0.4, 0.5) is 9.93 Å². The number of rotatable bonds is 3. The number of aromatic nitrogens is 1. The molecule has 1 fully saturated rings. The first kappa shape index (κ1) is 15.0. The Morgan fingerprint density at radius 2 is 2.27 bits per heavy atom. The summed E-state index contributed by atoms with van der Waals surface area (Å²) in [7, 11) is -1.42.